The van der Waals surface area contributed by atoms with Gasteiger partial charge in [0.25, 0.3) is 0 Å². The number of hydrogen-bond acceptors (Lipinski definition) is 3. The van der Waals surface area contributed by atoms with Crippen LogP contribution in [0.1, 0.15) is 38.7 Å². The van der Waals surface area contributed by atoms with Crippen LogP contribution in [-0.4, -0.2) is 38.1 Å². The lowest BCUT2D eigenvalue weighted by molar-refractivity contribution is -0.137. The first-order chi connectivity index (χ1) is 13.2. The molecule has 1 heterocycles. The molecule has 0 aromatic heterocycles. The van der Waals surface area contributed by atoms with Gasteiger partial charge in [-0.05, 0) is 61.3 Å². The summed E-state index contributed by atoms with van der Waals surface area (Å²) in [5, 5.41) is 6.34. The number of nitrogens with one attached hydrogen (secondary N) is 2. The summed E-state index contributed by atoms with van der Waals surface area (Å²) in [4.78, 5) is 14.4. The van der Waals surface area contributed by atoms with E-state index in [1.54, 1.807) is 19.2 Å². The SMILES string of the molecule is CNC(=O)[C@@H](CC(C)C)N[C@@H]1CC[C@H]2CN(c3ccc(C(F)(F)F)cc3)C[C@H]21. The normalized spacial score (nSPS) is 25.8. The molecule has 3 rings (SSSR count). The summed E-state index contributed by atoms with van der Waals surface area (Å²) in [7, 11) is 1.66. The van der Waals surface area contributed by atoms with E-state index in [-0.39, 0.29) is 18.0 Å². The van der Waals surface area contributed by atoms with E-state index >= 15 is 0 Å². The zero-order valence-electron chi connectivity index (χ0n) is 16.7. The van der Waals surface area contributed by atoms with Crippen molar-refractivity contribution in [3.8, 4) is 0 Å². The molecule has 156 valence electrons. The van der Waals surface area contributed by atoms with Crippen molar-refractivity contribution in [3.05, 3.63) is 29.8 Å². The molecule has 2 fully saturated rings. The molecule has 28 heavy (non-hydrogen) atoms. The third-order valence-electron chi connectivity index (χ3n) is 6.10. The number of benzene rings is 1. The van der Waals surface area contributed by atoms with Crippen LogP contribution >= 0.6 is 0 Å². The van der Waals surface area contributed by atoms with Gasteiger partial charge in [-0.25, -0.2) is 0 Å². The number of alkyl halides is 3. The van der Waals surface area contributed by atoms with E-state index in [4.69, 9.17) is 0 Å². The number of hydrogen-bond donors (Lipinski definition) is 2. The van der Waals surface area contributed by atoms with Crippen LogP contribution in [0.15, 0.2) is 24.3 Å². The van der Waals surface area contributed by atoms with Crippen LogP contribution in [0.25, 0.3) is 0 Å². The lowest BCUT2D eigenvalue weighted by Gasteiger charge is -2.28. The number of amides is 1. The molecule has 1 aliphatic heterocycles. The summed E-state index contributed by atoms with van der Waals surface area (Å²) in [6.45, 7) is 5.90. The molecule has 0 radical (unpaired) electrons. The first kappa shape index (κ1) is 21.0. The summed E-state index contributed by atoms with van der Waals surface area (Å²) in [6.07, 6.45) is -1.39. The van der Waals surface area contributed by atoms with Crippen molar-refractivity contribution in [1.29, 1.82) is 0 Å². The van der Waals surface area contributed by atoms with Gasteiger partial charge in [0.1, 0.15) is 0 Å². The predicted octanol–water partition coefficient (Wildman–Crippen LogP) is 3.67. The molecular formula is C21H30F3N3O. The largest absolute Gasteiger partial charge is 0.416 e. The fraction of sp³-hybridized carbons (Fsp3) is 0.667. The van der Waals surface area contributed by atoms with E-state index in [1.165, 1.54) is 0 Å². The van der Waals surface area contributed by atoms with Crippen molar-refractivity contribution >= 4 is 11.6 Å². The minimum absolute atomic E-state index is 0.0229. The average Bonchev–Trinajstić information content (AvgIpc) is 3.21. The number of fused-ring (bicyclic) bond motifs is 1. The minimum Gasteiger partial charge on any atom is -0.371 e. The van der Waals surface area contributed by atoms with Gasteiger partial charge >= 0.3 is 6.18 Å². The van der Waals surface area contributed by atoms with Gasteiger partial charge in [-0.15, -0.1) is 0 Å². The highest BCUT2D eigenvalue weighted by Crippen LogP contribution is 2.41. The van der Waals surface area contributed by atoms with Gasteiger partial charge in [0.05, 0.1) is 11.6 Å². The number of carbonyl (C=O) groups excluding carboxylic acids is 1. The Labute approximate surface area is 164 Å². The van der Waals surface area contributed by atoms with Crippen LogP contribution in [0, 0.1) is 17.8 Å². The van der Waals surface area contributed by atoms with Crippen LogP contribution in [0.5, 0.6) is 0 Å². The van der Waals surface area contributed by atoms with E-state index in [0.717, 1.165) is 50.2 Å². The minimum atomic E-state index is -4.31. The third-order valence-corrected chi connectivity index (χ3v) is 6.10. The Hall–Kier alpha value is -1.76. The summed E-state index contributed by atoms with van der Waals surface area (Å²) in [6, 6.07) is 5.52. The van der Waals surface area contributed by atoms with Gasteiger partial charge in [-0.1, -0.05) is 13.8 Å². The second-order valence-corrected chi connectivity index (χ2v) is 8.52. The van der Waals surface area contributed by atoms with Crippen LogP contribution in [0.3, 0.4) is 0 Å². The van der Waals surface area contributed by atoms with Gasteiger partial charge in [0.2, 0.25) is 5.91 Å². The maximum atomic E-state index is 12.8. The van der Waals surface area contributed by atoms with Crippen molar-refractivity contribution in [1.82, 2.24) is 10.6 Å². The fourth-order valence-electron chi connectivity index (χ4n) is 4.70. The molecule has 1 amide bonds. The molecule has 1 aliphatic carbocycles. The molecular weight excluding hydrogens is 367 g/mol. The van der Waals surface area contributed by atoms with Gasteiger partial charge in [-0.3, -0.25) is 4.79 Å². The lowest BCUT2D eigenvalue weighted by atomic mass is 9.95. The standard InChI is InChI=1S/C21H30F3N3O/c1-13(2)10-19(20(28)25-3)26-18-9-4-14-11-27(12-17(14)18)16-7-5-15(6-8-16)21(22,23)24/h5-8,13-14,17-19,26H,4,9-12H2,1-3H3,(H,25,28)/t14-,17+,18+,19+/m0/s1. The number of rotatable bonds is 6. The first-order valence-corrected chi connectivity index (χ1v) is 10.1. The number of anilines is 1. The monoisotopic (exact) mass is 397 g/mol. The molecule has 1 aromatic carbocycles. The molecule has 2 N–H and O–H groups in total. The van der Waals surface area contributed by atoms with Crippen LogP contribution in [-0.2, 0) is 11.0 Å². The van der Waals surface area contributed by atoms with Crippen molar-refractivity contribution in [2.24, 2.45) is 17.8 Å². The first-order valence-electron chi connectivity index (χ1n) is 10.1. The highest BCUT2D eigenvalue weighted by molar-refractivity contribution is 5.81. The molecule has 4 atom stereocenters. The second-order valence-electron chi connectivity index (χ2n) is 8.52. The fourth-order valence-corrected chi connectivity index (χ4v) is 4.70. The Kier molecular flexibility index (Phi) is 6.22. The van der Waals surface area contributed by atoms with Crippen molar-refractivity contribution in [2.75, 3.05) is 25.0 Å². The molecule has 0 bridgehead atoms. The molecule has 0 unspecified atom stereocenters. The maximum absolute atomic E-state index is 12.8. The van der Waals surface area contributed by atoms with Crippen molar-refractivity contribution < 1.29 is 18.0 Å². The second kappa shape index (κ2) is 8.31. The average molecular weight is 397 g/mol. The van der Waals surface area contributed by atoms with Gasteiger partial charge in [0, 0.05) is 31.9 Å². The van der Waals surface area contributed by atoms with E-state index < -0.39 is 11.7 Å². The smallest absolute Gasteiger partial charge is 0.371 e. The zero-order valence-corrected chi connectivity index (χ0v) is 16.7. The Morgan fingerprint density at radius 1 is 1.18 bits per heavy atom. The summed E-state index contributed by atoms with van der Waals surface area (Å²) in [5.41, 5.74) is 0.225. The summed E-state index contributed by atoms with van der Waals surface area (Å²) >= 11 is 0. The predicted molar refractivity (Wildman–Crippen MR) is 104 cm³/mol. The Morgan fingerprint density at radius 3 is 2.43 bits per heavy atom. The van der Waals surface area contributed by atoms with E-state index in [2.05, 4.69) is 29.4 Å². The molecule has 0 spiro atoms. The molecule has 7 heteroatoms. The summed E-state index contributed by atoms with van der Waals surface area (Å²) in [5.74, 6) is 1.37. The van der Waals surface area contributed by atoms with E-state index in [0.29, 0.717) is 17.8 Å². The van der Waals surface area contributed by atoms with Gasteiger partial charge in [-0.2, -0.15) is 13.2 Å². The van der Waals surface area contributed by atoms with Crippen LogP contribution in [0.4, 0.5) is 18.9 Å². The highest BCUT2D eigenvalue weighted by Gasteiger charge is 2.43. The van der Waals surface area contributed by atoms with E-state index in [9.17, 15) is 18.0 Å². The molecule has 1 saturated carbocycles. The Balaban J connectivity index is 1.65. The van der Waals surface area contributed by atoms with Gasteiger partial charge < -0.3 is 15.5 Å². The number of halogens is 3. The summed E-state index contributed by atoms with van der Waals surface area (Å²) < 4.78 is 38.4. The molecule has 1 aromatic rings. The Morgan fingerprint density at radius 2 is 1.86 bits per heavy atom. The topological polar surface area (TPSA) is 44.4 Å². The number of carbonyl (C=O) groups is 1. The lowest BCUT2D eigenvalue weighted by Crippen LogP contribution is -2.50. The number of likely N-dealkylation sites (N-methyl/N-ethyl adjacent to an activating group) is 1. The van der Waals surface area contributed by atoms with Gasteiger partial charge in [0.15, 0.2) is 0 Å². The van der Waals surface area contributed by atoms with E-state index in [1.807, 2.05) is 0 Å². The molecule has 1 saturated heterocycles. The highest BCUT2D eigenvalue weighted by atomic mass is 19.4. The Bertz CT molecular complexity index is 674. The third kappa shape index (κ3) is 4.62. The molecule has 2 aliphatic rings. The van der Waals surface area contributed by atoms with Crippen molar-refractivity contribution in [2.45, 2.75) is 51.4 Å². The van der Waals surface area contributed by atoms with Crippen LogP contribution in [0.2, 0.25) is 0 Å². The molecule has 4 nitrogen and oxygen atoms in total. The quantitative estimate of drug-likeness (QED) is 0.770. The van der Waals surface area contributed by atoms with Crippen molar-refractivity contribution in [3.63, 3.8) is 0 Å². The van der Waals surface area contributed by atoms with Crippen LogP contribution < -0.4 is 15.5 Å². The number of nitrogens with zero attached hydrogens (tertiary/aromatic N) is 1. The maximum Gasteiger partial charge on any atom is 0.416 e. The zero-order chi connectivity index (χ0) is 20.5.